The molecule has 30 heavy (non-hydrogen) atoms. The monoisotopic (exact) mass is 401 g/mol. The first kappa shape index (κ1) is 18.1. The minimum atomic E-state index is -1.06. The van der Waals surface area contributed by atoms with Gasteiger partial charge in [-0.15, -0.1) is 0 Å². The number of nitrogens with two attached hydrogens (primary N) is 1. The van der Waals surface area contributed by atoms with Gasteiger partial charge >= 0.3 is 0 Å². The van der Waals surface area contributed by atoms with Crippen LogP contribution in [0.15, 0.2) is 53.1 Å². The molecule has 1 aliphatic carbocycles. The van der Waals surface area contributed by atoms with Crippen molar-refractivity contribution in [2.75, 3.05) is 5.32 Å². The van der Waals surface area contributed by atoms with Gasteiger partial charge in [0.1, 0.15) is 16.6 Å². The average Bonchev–Trinajstić information content (AvgIpc) is 3.23. The number of carbonyl (C=O) groups is 2. The molecule has 5 rings (SSSR count). The molecule has 0 unspecified atom stereocenters. The molecular formula is C22H19N5O3. The molecule has 0 atom stereocenters. The lowest BCUT2D eigenvalue weighted by Crippen LogP contribution is -2.36. The summed E-state index contributed by atoms with van der Waals surface area (Å²) < 4.78 is 5.93. The van der Waals surface area contributed by atoms with Gasteiger partial charge < -0.3 is 15.5 Å². The van der Waals surface area contributed by atoms with Gasteiger partial charge in [0.25, 0.3) is 0 Å². The maximum absolute atomic E-state index is 12.4. The number of carbonyl (C=O) groups excluding carboxylic acids is 2. The maximum atomic E-state index is 12.4. The molecule has 150 valence electrons. The van der Waals surface area contributed by atoms with Crippen LogP contribution in [0, 0.1) is 12.3 Å². The number of fused-ring (bicyclic) bond motifs is 1. The molecule has 2 heterocycles. The Hall–Kier alpha value is -3.94. The molecule has 8 nitrogen and oxygen atoms in total. The Balaban J connectivity index is 1.41. The molecule has 0 saturated heterocycles. The van der Waals surface area contributed by atoms with Gasteiger partial charge in [-0.2, -0.15) is 5.10 Å². The molecule has 8 heteroatoms. The topological polar surface area (TPSA) is 127 Å². The SMILES string of the molecule is Cc1ccc2nc(-c3c[nH]nc3-c3ccc(NC(=O)C4(C(N)=O)CC4)cc3)oc2c1. The van der Waals surface area contributed by atoms with E-state index in [4.69, 9.17) is 10.2 Å². The van der Waals surface area contributed by atoms with Crippen LogP contribution in [0.2, 0.25) is 0 Å². The summed E-state index contributed by atoms with van der Waals surface area (Å²) in [6, 6.07) is 13.1. The number of benzene rings is 2. The number of primary amides is 1. The van der Waals surface area contributed by atoms with Crippen molar-refractivity contribution in [3.05, 3.63) is 54.2 Å². The predicted molar refractivity (Wildman–Crippen MR) is 111 cm³/mol. The highest BCUT2D eigenvalue weighted by molar-refractivity contribution is 6.12. The number of nitrogens with zero attached hydrogens (tertiary/aromatic N) is 2. The largest absolute Gasteiger partial charge is 0.436 e. The number of anilines is 1. The zero-order chi connectivity index (χ0) is 20.9. The number of aromatic amines is 1. The number of oxazole rings is 1. The number of amides is 2. The zero-order valence-electron chi connectivity index (χ0n) is 16.2. The van der Waals surface area contributed by atoms with Crippen LogP contribution in [-0.4, -0.2) is 27.0 Å². The van der Waals surface area contributed by atoms with Gasteiger partial charge in [-0.1, -0.05) is 18.2 Å². The third kappa shape index (κ3) is 2.93. The van der Waals surface area contributed by atoms with Crippen molar-refractivity contribution in [2.24, 2.45) is 11.1 Å². The second-order valence-electron chi connectivity index (χ2n) is 7.62. The summed E-state index contributed by atoms with van der Waals surface area (Å²) in [5, 5.41) is 9.98. The average molecular weight is 401 g/mol. The third-order valence-electron chi connectivity index (χ3n) is 5.49. The number of H-pyrrole nitrogens is 1. The molecule has 1 fully saturated rings. The number of hydrogen-bond acceptors (Lipinski definition) is 5. The number of rotatable bonds is 5. The fourth-order valence-electron chi connectivity index (χ4n) is 3.49. The molecule has 0 bridgehead atoms. The molecule has 2 aromatic heterocycles. The van der Waals surface area contributed by atoms with Crippen LogP contribution in [0.5, 0.6) is 0 Å². The second-order valence-corrected chi connectivity index (χ2v) is 7.62. The van der Waals surface area contributed by atoms with Crippen molar-refractivity contribution in [3.8, 4) is 22.7 Å². The van der Waals surface area contributed by atoms with Crippen LogP contribution >= 0.6 is 0 Å². The highest BCUT2D eigenvalue weighted by Gasteiger charge is 2.55. The highest BCUT2D eigenvalue weighted by Crippen LogP contribution is 2.46. The van der Waals surface area contributed by atoms with E-state index in [1.165, 1.54) is 0 Å². The predicted octanol–water partition coefficient (Wildman–Crippen LogP) is 3.40. The second kappa shape index (κ2) is 6.55. The fourth-order valence-corrected chi connectivity index (χ4v) is 3.49. The standard InChI is InChI=1S/C22H19N5O3/c1-12-2-7-16-17(10-12)30-19(26-16)15-11-24-27-18(15)13-3-5-14(6-4-13)25-21(29)22(8-9-22)20(23)28/h2-7,10-11H,8-9H2,1H3,(H2,23,28)(H,24,27)(H,25,29). The molecule has 2 amide bonds. The van der Waals surface area contributed by atoms with Crippen LogP contribution in [0.4, 0.5) is 5.69 Å². The van der Waals surface area contributed by atoms with E-state index < -0.39 is 11.3 Å². The van der Waals surface area contributed by atoms with E-state index in [0.717, 1.165) is 27.8 Å². The Morgan fingerprint density at radius 1 is 1.17 bits per heavy atom. The van der Waals surface area contributed by atoms with Crippen LogP contribution in [0.25, 0.3) is 33.8 Å². The first-order valence-electron chi connectivity index (χ1n) is 9.59. The van der Waals surface area contributed by atoms with Crippen LogP contribution in [0.1, 0.15) is 18.4 Å². The lowest BCUT2D eigenvalue weighted by molar-refractivity contribution is -0.132. The summed E-state index contributed by atoms with van der Waals surface area (Å²) in [6.45, 7) is 2.00. The zero-order valence-corrected chi connectivity index (χ0v) is 16.2. The van der Waals surface area contributed by atoms with Crippen molar-refractivity contribution < 1.29 is 14.0 Å². The van der Waals surface area contributed by atoms with Gasteiger partial charge in [0.05, 0.1) is 5.56 Å². The molecule has 4 aromatic rings. The minimum Gasteiger partial charge on any atom is -0.436 e. The lowest BCUT2D eigenvalue weighted by Gasteiger charge is -2.12. The lowest BCUT2D eigenvalue weighted by atomic mass is 10.0. The van der Waals surface area contributed by atoms with Crippen molar-refractivity contribution in [2.45, 2.75) is 19.8 Å². The van der Waals surface area contributed by atoms with Gasteiger partial charge in [-0.25, -0.2) is 4.98 Å². The molecular weight excluding hydrogens is 382 g/mol. The summed E-state index contributed by atoms with van der Waals surface area (Å²) in [6.07, 6.45) is 2.73. The molecule has 1 aliphatic rings. The first-order valence-corrected chi connectivity index (χ1v) is 9.59. The summed E-state index contributed by atoms with van der Waals surface area (Å²) in [5.74, 6) is -0.454. The van der Waals surface area contributed by atoms with Gasteiger partial charge in [-0.3, -0.25) is 14.7 Å². The maximum Gasteiger partial charge on any atom is 0.240 e. The van der Waals surface area contributed by atoms with Crippen molar-refractivity contribution in [3.63, 3.8) is 0 Å². The van der Waals surface area contributed by atoms with Crippen LogP contribution < -0.4 is 11.1 Å². The third-order valence-corrected chi connectivity index (χ3v) is 5.49. The molecule has 0 radical (unpaired) electrons. The van der Waals surface area contributed by atoms with Crippen molar-refractivity contribution in [1.29, 1.82) is 0 Å². The van der Waals surface area contributed by atoms with Crippen LogP contribution in [0.3, 0.4) is 0 Å². The molecule has 1 saturated carbocycles. The van der Waals surface area contributed by atoms with E-state index in [2.05, 4.69) is 20.5 Å². The Bertz CT molecular complexity index is 1280. The van der Waals surface area contributed by atoms with Crippen LogP contribution in [-0.2, 0) is 9.59 Å². The summed E-state index contributed by atoms with van der Waals surface area (Å²) in [7, 11) is 0. The summed E-state index contributed by atoms with van der Waals surface area (Å²) in [4.78, 5) is 28.4. The van der Waals surface area contributed by atoms with Gasteiger partial charge in [0, 0.05) is 17.4 Å². The highest BCUT2D eigenvalue weighted by atomic mass is 16.3. The van der Waals surface area contributed by atoms with E-state index in [0.29, 0.717) is 30.1 Å². The Morgan fingerprint density at radius 2 is 1.93 bits per heavy atom. The van der Waals surface area contributed by atoms with E-state index in [-0.39, 0.29) is 5.91 Å². The smallest absolute Gasteiger partial charge is 0.240 e. The summed E-state index contributed by atoms with van der Waals surface area (Å²) >= 11 is 0. The molecule has 2 aromatic carbocycles. The first-order chi connectivity index (χ1) is 14.5. The minimum absolute atomic E-state index is 0.357. The van der Waals surface area contributed by atoms with Crippen molar-refractivity contribution in [1.82, 2.24) is 15.2 Å². The summed E-state index contributed by atoms with van der Waals surface area (Å²) in [5.41, 5.74) is 9.75. The molecule has 4 N–H and O–H groups in total. The van der Waals surface area contributed by atoms with Gasteiger partial charge in [-0.05, 0) is 49.6 Å². The quantitative estimate of drug-likeness (QED) is 0.442. The Labute approximate surface area is 171 Å². The Morgan fingerprint density at radius 3 is 2.63 bits per heavy atom. The van der Waals surface area contributed by atoms with E-state index in [9.17, 15) is 9.59 Å². The van der Waals surface area contributed by atoms with E-state index in [1.54, 1.807) is 18.3 Å². The van der Waals surface area contributed by atoms with Crippen molar-refractivity contribution >= 4 is 28.6 Å². The fraction of sp³-hybridized carbons (Fsp3) is 0.182. The molecule has 0 spiro atoms. The normalized spacial score (nSPS) is 14.6. The van der Waals surface area contributed by atoms with Gasteiger partial charge in [0.2, 0.25) is 17.7 Å². The Kier molecular flexibility index (Phi) is 3.95. The number of hydrogen-bond donors (Lipinski definition) is 3. The number of nitrogens with one attached hydrogen (secondary N) is 2. The van der Waals surface area contributed by atoms with Gasteiger partial charge in [0.15, 0.2) is 5.58 Å². The molecule has 0 aliphatic heterocycles. The number of aryl methyl sites for hydroxylation is 1. The van der Waals surface area contributed by atoms with E-state index in [1.807, 2.05) is 37.3 Å². The van der Waals surface area contributed by atoms with E-state index >= 15 is 0 Å². The number of aromatic nitrogens is 3.